The Labute approximate surface area is 196 Å². The number of carbonyl (C=O) groups excluding carboxylic acids is 1. The van der Waals surface area contributed by atoms with Crippen molar-refractivity contribution in [3.05, 3.63) is 88.4 Å². The van der Waals surface area contributed by atoms with Gasteiger partial charge < -0.3 is 9.73 Å². The molecule has 0 aliphatic carbocycles. The molecule has 0 fully saturated rings. The highest BCUT2D eigenvalue weighted by atomic mass is 35.5. The lowest BCUT2D eigenvalue weighted by Gasteiger charge is -2.10. The van der Waals surface area contributed by atoms with Gasteiger partial charge in [-0.2, -0.15) is 0 Å². The van der Waals surface area contributed by atoms with Crippen LogP contribution in [0, 0.1) is 0 Å². The number of amides is 1. The van der Waals surface area contributed by atoms with Crippen molar-refractivity contribution in [1.82, 2.24) is 15.6 Å². The van der Waals surface area contributed by atoms with Crippen LogP contribution in [0.2, 0.25) is 5.02 Å². The molecule has 2 N–H and O–H groups in total. The molecule has 4 aromatic rings. The van der Waals surface area contributed by atoms with Crippen molar-refractivity contribution in [3.63, 3.8) is 0 Å². The number of oxazole rings is 1. The van der Waals surface area contributed by atoms with Crippen LogP contribution >= 0.6 is 23.8 Å². The fourth-order valence-electron chi connectivity index (χ4n) is 3.20. The van der Waals surface area contributed by atoms with Crippen molar-refractivity contribution < 1.29 is 9.21 Å². The van der Waals surface area contributed by atoms with Gasteiger partial charge in [0.25, 0.3) is 5.91 Å². The summed E-state index contributed by atoms with van der Waals surface area (Å²) >= 11 is 11.1. The highest BCUT2D eigenvalue weighted by Crippen LogP contribution is 2.27. The number of carbonyl (C=O) groups is 1. The van der Waals surface area contributed by atoms with Crippen LogP contribution < -0.4 is 10.6 Å². The Morgan fingerprint density at radius 1 is 1.06 bits per heavy atom. The SMILES string of the molecule is CC(C)c1ccc2oc(-c3ccc(CNC(=S)NC(=O)c4ccc(Cl)cc4)cc3)nc2c1. The molecule has 0 bridgehead atoms. The van der Waals surface area contributed by atoms with E-state index in [0.717, 1.165) is 22.2 Å². The highest BCUT2D eigenvalue weighted by molar-refractivity contribution is 7.80. The molecule has 3 aromatic carbocycles. The van der Waals surface area contributed by atoms with Gasteiger partial charge in [-0.05, 0) is 77.8 Å². The van der Waals surface area contributed by atoms with Crippen molar-refractivity contribution in [3.8, 4) is 11.5 Å². The quantitative estimate of drug-likeness (QED) is 0.351. The molecule has 0 aliphatic heterocycles. The first kappa shape index (κ1) is 22.0. The lowest BCUT2D eigenvalue weighted by Crippen LogP contribution is -2.38. The summed E-state index contributed by atoms with van der Waals surface area (Å²) in [5, 5.41) is 6.54. The molecule has 0 atom stereocenters. The molecule has 4 rings (SSSR count). The van der Waals surface area contributed by atoms with Crippen molar-refractivity contribution in [2.45, 2.75) is 26.3 Å². The van der Waals surface area contributed by atoms with Gasteiger partial charge in [0, 0.05) is 22.7 Å². The summed E-state index contributed by atoms with van der Waals surface area (Å²) in [6.07, 6.45) is 0. The molecule has 0 saturated heterocycles. The summed E-state index contributed by atoms with van der Waals surface area (Å²) in [6.45, 7) is 4.79. The zero-order valence-corrected chi connectivity index (χ0v) is 19.3. The molecule has 32 heavy (non-hydrogen) atoms. The third-order valence-corrected chi connectivity index (χ3v) is 5.56. The van der Waals surface area contributed by atoms with Gasteiger partial charge in [-0.15, -0.1) is 0 Å². The van der Waals surface area contributed by atoms with Gasteiger partial charge in [-0.1, -0.05) is 43.6 Å². The molecular formula is C25H22ClN3O2S. The van der Waals surface area contributed by atoms with E-state index in [9.17, 15) is 4.79 Å². The van der Waals surface area contributed by atoms with Gasteiger partial charge in [0.15, 0.2) is 10.7 Å². The molecule has 0 saturated carbocycles. The fraction of sp³-hybridized carbons (Fsp3) is 0.160. The Balaban J connectivity index is 1.36. The number of nitrogens with one attached hydrogen (secondary N) is 2. The van der Waals surface area contributed by atoms with Crippen LogP contribution in [-0.4, -0.2) is 16.0 Å². The number of benzene rings is 3. The first-order chi connectivity index (χ1) is 15.4. The third kappa shape index (κ3) is 5.15. The monoisotopic (exact) mass is 463 g/mol. The molecule has 1 amide bonds. The van der Waals surface area contributed by atoms with Crippen LogP contribution in [-0.2, 0) is 6.54 Å². The van der Waals surface area contributed by atoms with E-state index in [1.807, 2.05) is 30.3 Å². The minimum Gasteiger partial charge on any atom is -0.436 e. The Morgan fingerprint density at radius 2 is 1.78 bits per heavy atom. The number of rotatable bonds is 5. The summed E-state index contributed by atoms with van der Waals surface area (Å²) < 4.78 is 5.92. The topological polar surface area (TPSA) is 67.2 Å². The molecule has 0 spiro atoms. The fourth-order valence-corrected chi connectivity index (χ4v) is 3.49. The molecule has 0 unspecified atom stereocenters. The van der Waals surface area contributed by atoms with Gasteiger partial charge >= 0.3 is 0 Å². The molecule has 5 nitrogen and oxygen atoms in total. The number of halogens is 1. The molecule has 1 aromatic heterocycles. The van der Waals surface area contributed by atoms with E-state index in [0.29, 0.717) is 28.9 Å². The smallest absolute Gasteiger partial charge is 0.257 e. The number of aromatic nitrogens is 1. The van der Waals surface area contributed by atoms with Gasteiger partial charge in [-0.3, -0.25) is 10.1 Å². The number of thiocarbonyl (C=S) groups is 1. The zero-order valence-electron chi connectivity index (χ0n) is 17.7. The van der Waals surface area contributed by atoms with Crippen molar-refractivity contribution in [2.24, 2.45) is 0 Å². The third-order valence-electron chi connectivity index (χ3n) is 5.07. The standard InChI is InChI=1S/C25H22ClN3O2S/c1-15(2)19-9-12-22-21(13-19)28-24(31-22)18-5-3-16(4-6-18)14-27-25(32)29-23(30)17-7-10-20(26)11-8-17/h3-13,15H,14H2,1-2H3,(H2,27,29,30,32). The van der Waals surface area contributed by atoms with Crippen LogP contribution in [0.25, 0.3) is 22.6 Å². The molecule has 0 radical (unpaired) electrons. The van der Waals surface area contributed by atoms with E-state index in [4.69, 9.17) is 28.2 Å². The van der Waals surface area contributed by atoms with Gasteiger partial charge in [0.2, 0.25) is 5.89 Å². The average Bonchev–Trinajstić information content (AvgIpc) is 3.22. The Hall–Kier alpha value is -3.22. The van der Waals surface area contributed by atoms with Gasteiger partial charge in [-0.25, -0.2) is 4.98 Å². The maximum atomic E-state index is 12.2. The first-order valence-electron chi connectivity index (χ1n) is 10.2. The van der Waals surface area contributed by atoms with Crippen LogP contribution in [0.4, 0.5) is 0 Å². The molecule has 0 aliphatic rings. The minimum absolute atomic E-state index is 0.258. The summed E-state index contributed by atoms with van der Waals surface area (Å²) in [7, 11) is 0. The number of nitrogens with zero attached hydrogens (tertiary/aromatic N) is 1. The number of hydrogen-bond acceptors (Lipinski definition) is 4. The van der Waals surface area contributed by atoms with E-state index < -0.39 is 0 Å². The van der Waals surface area contributed by atoms with Crippen molar-refractivity contribution in [1.29, 1.82) is 0 Å². The Kier molecular flexibility index (Phi) is 6.53. The van der Waals surface area contributed by atoms with Gasteiger partial charge in [0.05, 0.1) is 0 Å². The van der Waals surface area contributed by atoms with E-state index in [1.165, 1.54) is 5.56 Å². The van der Waals surface area contributed by atoms with Crippen LogP contribution in [0.5, 0.6) is 0 Å². The lowest BCUT2D eigenvalue weighted by molar-refractivity contribution is 0.0976. The van der Waals surface area contributed by atoms with E-state index >= 15 is 0 Å². The Bertz CT molecular complexity index is 1260. The number of hydrogen-bond donors (Lipinski definition) is 2. The minimum atomic E-state index is -0.286. The highest BCUT2D eigenvalue weighted by Gasteiger charge is 2.11. The van der Waals surface area contributed by atoms with Crippen molar-refractivity contribution >= 4 is 45.9 Å². The van der Waals surface area contributed by atoms with E-state index in [1.54, 1.807) is 24.3 Å². The van der Waals surface area contributed by atoms with Crippen molar-refractivity contribution in [2.75, 3.05) is 0 Å². The lowest BCUT2D eigenvalue weighted by atomic mass is 10.0. The molecule has 162 valence electrons. The second-order valence-electron chi connectivity index (χ2n) is 7.74. The second kappa shape index (κ2) is 9.51. The summed E-state index contributed by atoms with van der Waals surface area (Å²) in [5.74, 6) is 0.741. The van der Waals surface area contributed by atoms with Crippen LogP contribution in [0.15, 0.2) is 71.1 Å². The molecule has 1 heterocycles. The van der Waals surface area contributed by atoms with Crippen LogP contribution in [0.1, 0.15) is 41.3 Å². The second-order valence-corrected chi connectivity index (χ2v) is 8.59. The largest absolute Gasteiger partial charge is 0.436 e. The summed E-state index contributed by atoms with van der Waals surface area (Å²) in [5.41, 5.74) is 5.26. The molecular weight excluding hydrogens is 442 g/mol. The summed E-state index contributed by atoms with van der Waals surface area (Å²) in [4.78, 5) is 16.9. The normalized spacial score (nSPS) is 11.0. The zero-order chi connectivity index (χ0) is 22.7. The molecule has 7 heteroatoms. The number of fused-ring (bicyclic) bond motifs is 1. The predicted molar refractivity (Wildman–Crippen MR) is 132 cm³/mol. The average molecular weight is 464 g/mol. The predicted octanol–water partition coefficient (Wildman–Crippen LogP) is 6.08. The van der Waals surface area contributed by atoms with E-state index in [2.05, 4.69) is 41.6 Å². The van der Waals surface area contributed by atoms with E-state index in [-0.39, 0.29) is 11.0 Å². The maximum absolute atomic E-state index is 12.2. The first-order valence-corrected chi connectivity index (χ1v) is 11.0. The Morgan fingerprint density at radius 3 is 2.47 bits per heavy atom. The maximum Gasteiger partial charge on any atom is 0.257 e. The van der Waals surface area contributed by atoms with Crippen LogP contribution in [0.3, 0.4) is 0 Å². The summed E-state index contributed by atoms with van der Waals surface area (Å²) in [6, 6.07) is 20.6. The van der Waals surface area contributed by atoms with Gasteiger partial charge in [0.1, 0.15) is 5.52 Å².